The summed E-state index contributed by atoms with van der Waals surface area (Å²) in [4.78, 5) is 24.7. The third kappa shape index (κ3) is 5.76. The molecule has 1 aromatic rings. The molecule has 1 aliphatic rings. The predicted octanol–water partition coefficient (Wildman–Crippen LogP) is 1.94. The van der Waals surface area contributed by atoms with Gasteiger partial charge in [0.05, 0.1) is 6.54 Å². The highest BCUT2D eigenvalue weighted by Crippen LogP contribution is 2.16. The minimum absolute atomic E-state index is 0. The Morgan fingerprint density at radius 2 is 1.87 bits per heavy atom. The highest BCUT2D eigenvalue weighted by molar-refractivity contribution is 5.85. The molecule has 1 heterocycles. The Balaban J connectivity index is 0.00000264. The summed E-state index contributed by atoms with van der Waals surface area (Å²) in [5.74, 6) is -2.70. The van der Waals surface area contributed by atoms with Gasteiger partial charge >= 0.3 is 5.97 Å². The van der Waals surface area contributed by atoms with Crippen molar-refractivity contribution >= 4 is 24.3 Å². The van der Waals surface area contributed by atoms with Crippen LogP contribution in [-0.2, 0) is 16.1 Å². The van der Waals surface area contributed by atoms with E-state index in [4.69, 9.17) is 5.11 Å². The van der Waals surface area contributed by atoms with Crippen LogP contribution in [0.15, 0.2) is 18.2 Å². The zero-order valence-electron chi connectivity index (χ0n) is 12.4. The lowest BCUT2D eigenvalue weighted by molar-refractivity contribution is -0.145. The number of halogens is 3. The van der Waals surface area contributed by atoms with Gasteiger partial charge in [-0.25, -0.2) is 8.78 Å². The van der Waals surface area contributed by atoms with Gasteiger partial charge in [-0.05, 0) is 37.1 Å². The molecular weight excluding hydrogens is 330 g/mol. The first-order chi connectivity index (χ1) is 10.5. The van der Waals surface area contributed by atoms with E-state index in [1.54, 1.807) is 4.90 Å². The van der Waals surface area contributed by atoms with Crippen molar-refractivity contribution in [2.24, 2.45) is 0 Å². The summed E-state index contributed by atoms with van der Waals surface area (Å²) in [6.07, 6.45) is 2.21. The number of likely N-dealkylation sites (tertiary alicyclic amines) is 1. The lowest BCUT2D eigenvalue weighted by Crippen LogP contribution is -2.48. The van der Waals surface area contributed by atoms with E-state index in [0.717, 1.165) is 31.0 Å². The van der Waals surface area contributed by atoms with Crippen molar-refractivity contribution < 1.29 is 23.5 Å². The van der Waals surface area contributed by atoms with Crippen molar-refractivity contribution in [3.05, 3.63) is 35.4 Å². The molecule has 0 aromatic heterocycles. The van der Waals surface area contributed by atoms with E-state index in [1.807, 2.05) is 0 Å². The molecule has 0 aliphatic carbocycles. The van der Waals surface area contributed by atoms with Crippen LogP contribution in [-0.4, -0.2) is 41.0 Å². The van der Waals surface area contributed by atoms with E-state index in [0.29, 0.717) is 18.5 Å². The summed E-state index contributed by atoms with van der Waals surface area (Å²) in [6.45, 7) is 0.521. The van der Waals surface area contributed by atoms with E-state index in [-0.39, 0.29) is 31.4 Å². The highest BCUT2D eigenvalue weighted by atomic mass is 35.5. The molecule has 128 valence electrons. The second-order valence-electron chi connectivity index (χ2n) is 5.37. The van der Waals surface area contributed by atoms with Gasteiger partial charge in [0.2, 0.25) is 5.91 Å². The number of carbonyl (C=O) groups excluding carboxylic acids is 1. The van der Waals surface area contributed by atoms with Gasteiger partial charge in [-0.15, -0.1) is 12.4 Å². The lowest BCUT2D eigenvalue weighted by Gasteiger charge is -2.32. The van der Waals surface area contributed by atoms with E-state index < -0.39 is 23.6 Å². The molecule has 8 heteroatoms. The Kier molecular flexibility index (Phi) is 7.38. The minimum Gasteiger partial charge on any atom is -0.480 e. The number of benzene rings is 1. The second-order valence-corrected chi connectivity index (χ2v) is 5.37. The molecule has 0 spiro atoms. The summed E-state index contributed by atoms with van der Waals surface area (Å²) in [7, 11) is 0. The topological polar surface area (TPSA) is 69.6 Å². The lowest BCUT2D eigenvalue weighted by atomic mass is 10.0. The van der Waals surface area contributed by atoms with Crippen LogP contribution in [0.4, 0.5) is 8.78 Å². The zero-order valence-corrected chi connectivity index (χ0v) is 13.2. The van der Waals surface area contributed by atoms with E-state index in [9.17, 15) is 18.4 Å². The van der Waals surface area contributed by atoms with Gasteiger partial charge in [-0.1, -0.05) is 6.42 Å². The first-order valence-corrected chi connectivity index (χ1v) is 7.14. The number of carboxylic acid groups (broad SMARTS) is 1. The van der Waals surface area contributed by atoms with Crippen molar-refractivity contribution in [2.45, 2.75) is 31.8 Å². The van der Waals surface area contributed by atoms with E-state index in [1.165, 1.54) is 0 Å². The van der Waals surface area contributed by atoms with E-state index >= 15 is 0 Å². The maximum Gasteiger partial charge on any atom is 0.320 e. The molecule has 1 amide bonds. The Morgan fingerprint density at radius 3 is 2.48 bits per heavy atom. The van der Waals surface area contributed by atoms with Crippen molar-refractivity contribution in [3.8, 4) is 0 Å². The predicted molar refractivity (Wildman–Crippen MR) is 82.3 cm³/mol. The normalized spacial score (nSPS) is 18.1. The second kappa shape index (κ2) is 8.79. The van der Waals surface area contributed by atoms with Crippen LogP contribution in [0.2, 0.25) is 0 Å². The van der Waals surface area contributed by atoms with Crippen LogP contribution in [0.1, 0.15) is 24.8 Å². The van der Waals surface area contributed by atoms with Gasteiger partial charge in [0, 0.05) is 12.6 Å². The third-order valence-electron chi connectivity index (χ3n) is 3.66. The first-order valence-electron chi connectivity index (χ1n) is 7.14. The first kappa shape index (κ1) is 19.3. The number of aliphatic carboxylic acids is 1. The van der Waals surface area contributed by atoms with Crippen molar-refractivity contribution in [2.75, 3.05) is 13.1 Å². The quantitative estimate of drug-likeness (QED) is 0.853. The van der Waals surface area contributed by atoms with Crippen molar-refractivity contribution in [3.63, 3.8) is 0 Å². The maximum atomic E-state index is 13.0. The number of piperidine rings is 1. The van der Waals surface area contributed by atoms with Gasteiger partial charge in [0.25, 0.3) is 0 Å². The fraction of sp³-hybridized carbons (Fsp3) is 0.467. The molecule has 1 unspecified atom stereocenters. The number of rotatable bonds is 5. The molecule has 0 bridgehead atoms. The largest absolute Gasteiger partial charge is 0.480 e. The van der Waals surface area contributed by atoms with Crippen LogP contribution in [0, 0.1) is 11.6 Å². The van der Waals surface area contributed by atoms with Gasteiger partial charge < -0.3 is 10.4 Å². The van der Waals surface area contributed by atoms with Crippen LogP contribution in [0.3, 0.4) is 0 Å². The van der Waals surface area contributed by atoms with Crippen molar-refractivity contribution in [1.82, 2.24) is 10.2 Å². The molecule has 23 heavy (non-hydrogen) atoms. The molecular formula is C15H19ClF2N2O3. The van der Waals surface area contributed by atoms with E-state index in [2.05, 4.69) is 5.32 Å². The van der Waals surface area contributed by atoms with Crippen LogP contribution in [0.25, 0.3) is 0 Å². The summed E-state index contributed by atoms with van der Waals surface area (Å²) in [6, 6.07) is 2.40. The van der Waals surface area contributed by atoms with Crippen molar-refractivity contribution in [1.29, 1.82) is 0 Å². The van der Waals surface area contributed by atoms with Crippen LogP contribution in [0.5, 0.6) is 0 Å². The summed E-state index contributed by atoms with van der Waals surface area (Å²) < 4.78 is 26.1. The van der Waals surface area contributed by atoms with Crippen LogP contribution < -0.4 is 5.32 Å². The molecule has 5 nitrogen and oxygen atoms in total. The average Bonchev–Trinajstić information content (AvgIpc) is 2.44. The Labute approximate surface area is 139 Å². The summed E-state index contributed by atoms with van der Waals surface area (Å²) >= 11 is 0. The average molecular weight is 349 g/mol. The van der Waals surface area contributed by atoms with Gasteiger partial charge in [0.15, 0.2) is 0 Å². The Morgan fingerprint density at radius 1 is 1.22 bits per heavy atom. The monoisotopic (exact) mass is 348 g/mol. The number of amides is 1. The Hall–Kier alpha value is -1.73. The summed E-state index contributed by atoms with van der Waals surface area (Å²) in [5, 5.41) is 11.7. The molecule has 1 aromatic carbocycles. The van der Waals surface area contributed by atoms with Crippen LogP contribution >= 0.6 is 12.4 Å². The number of hydrogen-bond donors (Lipinski definition) is 2. The number of hydrogen-bond acceptors (Lipinski definition) is 3. The highest BCUT2D eigenvalue weighted by Gasteiger charge is 2.29. The third-order valence-corrected chi connectivity index (χ3v) is 3.66. The van der Waals surface area contributed by atoms with Gasteiger partial charge in [-0.2, -0.15) is 0 Å². The molecule has 1 aliphatic heterocycles. The summed E-state index contributed by atoms with van der Waals surface area (Å²) in [5.41, 5.74) is 0.319. The number of nitrogens with one attached hydrogen (secondary N) is 1. The fourth-order valence-electron chi connectivity index (χ4n) is 2.61. The smallest absolute Gasteiger partial charge is 0.320 e. The zero-order chi connectivity index (χ0) is 16.1. The van der Waals surface area contributed by atoms with Gasteiger partial charge in [-0.3, -0.25) is 14.5 Å². The minimum atomic E-state index is -0.931. The molecule has 1 fully saturated rings. The SMILES string of the molecule is Cl.O=C(CN1CCCCC1C(=O)O)NCc1cc(F)cc(F)c1. The number of carbonyl (C=O) groups is 2. The van der Waals surface area contributed by atoms with Gasteiger partial charge in [0.1, 0.15) is 17.7 Å². The standard InChI is InChI=1S/C15H18F2N2O3.ClH/c16-11-5-10(6-12(17)7-11)8-18-14(20)9-19-4-2-1-3-13(19)15(21)22;/h5-7,13H,1-4,8-9H2,(H,18,20)(H,21,22);1H. The fourth-order valence-corrected chi connectivity index (χ4v) is 2.61. The Bertz CT molecular complexity index is 551. The molecule has 1 atom stereocenters. The number of carboxylic acids is 1. The maximum absolute atomic E-state index is 13.0. The number of nitrogens with zero attached hydrogens (tertiary/aromatic N) is 1. The molecule has 0 radical (unpaired) electrons. The molecule has 1 saturated heterocycles. The molecule has 2 rings (SSSR count). The molecule has 2 N–H and O–H groups in total. The molecule has 0 saturated carbocycles.